The van der Waals surface area contributed by atoms with E-state index < -0.39 is 33.3 Å². The molecule has 0 radical (unpaired) electrons. The van der Waals surface area contributed by atoms with Crippen LogP contribution in [0, 0.1) is 6.92 Å². The van der Waals surface area contributed by atoms with Gasteiger partial charge < -0.3 is 10.2 Å². The van der Waals surface area contributed by atoms with Gasteiger partial charge in [0.1, 0.15) is 0 Å². The first kappa shape index (κ1) is 17.6. The van der Waals surface area contributed by atoms with Crippen LogP contribution in [-0.4, -0.2) is 52.1 Å². The molecular formula is C13H14N4O6S. The Bertz CT molecular complexity index is 872. The number of aromatic nitrogens is 3. The van der Waals surface area contributed by atoms with E-state index in [0.29, 0.717) is 0 Å². The molecule has 0 unspecified atom stereocenters. The first-order chi connectivity index (χ1) is 11.2. The number of hydrogen-bond acceptors (Lipinski definition) is 6. The Kier molecular flexibility index (Phi) is 4.95. The molecule has 11 heteroatoms. The summed E-state index contributed by atoms with van der Waals surface area (Å²) in [7, 11) is -3.77. The number of nitrogens with zero attached hydrogens (tertiary/aromatic N) is 3. The van der Waals surface area contributed by atoms with Gasteiger partial charge in [0.15, 0.2) is 5.69 Å². The third kappa shape index (κ3) is 3.75. The van der Waals surface area contributed by atoms with Crippen LogP contribution in [0.1, 0.15) is 26.5 Å². The number of benzene rings is 1. The lowest BCUT2D eigenvalue weighted by atomic mass is 10.2. The Hall–Kier alpha value is -2.79. The molecule has 0 aliphatic rings. The van der Waals surface area contributed by atoms with Crippen molar-refractivity contribution < 1.29 is 28.2 Å². The van der Waals surface area contributed by atoms with Crippen LogP contribution < -0.4 is 4.72 Å². The number of nitrogens with one attached hydrogen (secondary N) is 1. The summed E-state index contributed by atoms with van der Waals surface area (Å²) in [6.45, 7) is 1.45. The highest BCUT2D eigenvalue weighted by Gasteiger charge is 2.24. The van der Waals surface area contributed by atoms with E-state index in [4.69, 9.17) is 10.2 Å². The molecule has 3 N–H and O–H groups in total. The molecule has 0 saturated carbocycles. The summed E-state index contributed by atoms with van der Waals surface area (Å²) in [5.74, 6) is -3.04. The SMILES string of the molecule is Cc1ccc(S(=O)(=O)NCCn2nnc(C(=O)O)c2C(=O)O)cc1. The minimum absolute atomic E-state index is 0.0661. The molecule has 24 heavy (non-hydrogen) atoms. The topological polar surface area (TPSA) is 151 Å². The van der Waals surface area contributed by atoms with Gasteiger partial charge in [-0.25, -0.2) is 27.4 Å². The predicted molar refractivity (Wildman–Crippen MR) is 80.3 cm³/mol. The van der Waals surface area contributed by atoms with Crippen molar-refractivity contribution in [1.82, 2.24) is 19.7 Å². The molecule has 0 bridgehead atoms. The van der Waals surface area contributed by atoms with Gasteiger partial charge in [0.05, 0.1) is 11.4 Å². The van der Waals surface area contributed by atoms with E-state index in [-0.39, 0.29) is 18.0 Å². The van der Waals surface area contributed by atoms with Gasteiger partial charge in [0.2, 0.25) is 15.7 Å². The number of carbonyl (C=O) groups is 2. The molecule has 1 heterocycles. The molecule has 0 aliphatic heterocycles. The Morgan fingerprint density at radius 1 is 1.17 bits per heavy atom. The fourth-order valence-corrected chi connectivity index (χ4v) is 2.93. The summed E-state index contributed by atoms with van der Waals surface area (Å²) < 4.78 is 27.3. The summed E-state index contributed by atoms with van der Waals surface area (Å²) in [6.07, 6.45) is 0. The lowest BCUT2D eigenvalue weighted by Gasteiger charge is -2.08. The average molecular weight is 354 g/mol. The van der Waals surface area contributed by atoms with Crippen LogP contribution in [0.15, 0.2) is 29.2 Å². The zero-order valence-electron chi connectivity index (χ0n) is 12.5. The van der Waals surface area contributed by atoms with Crippen LogP contribution in [-0.2, 0) is 16.6 Å². The third-order valence-corrected chi connectivity index (χ3v) is 4.56. The number of rotatable bonds is 7. The number of carboxylic acid groups (broad SMARTS) is 2. The number of aromatic carboxylic acids is 2. The Morgan fingerprint density at radius 2 is 1.79 bits per heavy atom. The summed E-state index contributed by atoms with van der Waals surface area (Å²) >= 11 is 0. The van der Waals surface area contributed by atoms with Gasteiger partial charge in [-0.05, 0) is 19.1 Å². The van der Waals surface area contributed by atoms with Crippen LogP contribution in [0.4, 0.5) is 0 Å². The highest BCUT2D eigenvalue weighted by Crippen LogP contribution is 2.10. The minimum atomic E-state index is -3.77. The quantitative estimate of drug-likeness (QED) is 0.626. The Morgan fingerprint density at radius 3 is 2.33 bits per heavy atom. The number of aryl methyl sites for hydroxylation is 1. The van der Waals surface area contributed by atoms with Gasteiger partial charge >= 0.3 is 11.9 Å². The number of hydrogen-bond donors (Lipinski definition) is 3. The standard InChI is InChI=1S/C13H14N4O6S/c1-8-2-4-9(5-3-8)24(22,23)14-6-7-17-11(13(20)21)10(12(18)19)15-16-17/h2-5,14H,6-7H2,1H3,(H,18,19)(H,20,21). The maximum Gasteiger partial charge on any atom is 0.359 e. The van der Waals surface area contributed by atoms with Gasteiger partial charge in [0.25, 0.3) is 0 Å². The van der Waals surface area contributed by atoms with Crippen LogP contribution in [0.2, 0.25) is 0 Å². The van der Waals surface area contributed by atoms with Crippen LogP contribution >= 0.6 is 0 Å². The van der Waals surface area contributed by atoms with Crippen molar-refractivity contribution in [3.8, 4) is 0 Å². The maximum atomic E-state index is 12.1. The minimum Gasteiger partial charge on any atom is -0.476 e. The molecule has 0 amide bonds. The van der Waals surface area contributed by atoms with E-state index in [9.17, 15) is 18.0 Å². The second kappa shape index (κ2) is 6.76. The Balaban J connectivity index is 2.11. The smallest absolute Gasteiger partial charge is 0.359 e. The van der Waals surface area contributed by atoms with E-state index in [1.807, 2.05) is 6.92 Å². The van der Waals surface area contributed by atoms with Crippen LogP contribution in [0.5, 0.6) is 0 Å². The summed E-state index contributed by atoms with van der Waals surface area (Å²) in [5, 5.41) is 24.6. The van der Waals surface area contributed by atoms with E-state index in [1.54, 1.807) is 12.1 Å². The Labute approximate surface area is 136 Å². The molecular weight excluding hydrogens is 340 g/mol. The molecule has 1 aromatic carbocycles. The summed E-state index contributed by atoms with van der Waals surface area (Å²) in [6, 6.07) is 6.18. The van der Waals surface area contributed by atoms with Crippen molar-refractivity contribution in [3.05, 3.63) is 41.2 Å². The number of sulfonamides is 1. The normalized spacial score (nSPS) is 11.4. The second-order valence-electron chi connectivity index (χ2n) is 4.83. The van der Waals surface area contributed by atoms with Crippen molar-refractivity contribution in [2.75, 3.05) is 6.54 Å². The largest absolute Gasteiger partial charge is 0.476 e. The monoisotopic (exact) mass is 354 g/mol. The van der Waals surface area contributed by atoms with E-state index in [2.05, 4.69) is 15.0 Å². The van der Waals surface area contributed by atoms with Crippen molar-refractivity contribution in [1.29, 1.82) is 0 Å². The molecule has 128 valence electrons. The molecule has 1 aromatic heterocycles. The van der Waals surface area contributed by atoms with E-state index in [1.165, 1.54) is 12.1 Å². The number of carboxylic acids is 2. The van der Waals surface area contributed by atoms with Crippen molar-refractivity contribution in [2.45, 2.75) is 18.4 Å². The highest BCUT2D eigenvalue weighted by molar-refractivity contribution is 7.89. The van der Waals surface area contributed by atoms with Crippen LogP contribution in [0.3, 0.4) is 0 Å². The average Bonchev–Trinajstić information content (AvgIpc) is 2.92. The maximum absolute atomic E-state index is 12.1. The van der Waals surface area contributed by atoms with Gasteiger partial charge in [-0.1, -0.05) is 22.9 Å². The molecule has 0 saturated heterocycles. The first-order valence-electron chi connectivity index (χ1n) is 6.69. The predicted octanol–water partition coefficient (Wildman–Crippen LogP) is -0.0386. The second-order valence-corrected chi connectivity index (χ2v) is 6.60. The lowest BCUT2D eigenvalue weighted by Crippen LogP contribution is -2.28. The molecule has 10 nitrogen and oxygen atoms in total. The fourth-order valence-electron chi connectivity index (χ4n) is 1.91. The fraction of sp³-hybridized carbons (Fsp3) is 0.231. The molecule has 0 spiro atoms. The summed E-state index contributed by atoms with van der Waals surface area (Å²) in [5.41, 5.74) is -0.412. The van der Waals surface area contributed by atoms with E-state index in [0.717, 1.165) is 10.2 Å². The molecule has 0 atom stereocenters. The van der Waals surface area contributed by atoms with Gasteiger partial charge in [-0.3, -0.25) is 0 Å². The van der Waals surface area contributed by atoms with Crippen molar-refractivity contribution >= 4 is 22.0 Å². The zero-order chi connectivity index (χ0) is 17.9. The first-order valence-corrected chi connectivity index (χ1v) is 8.17. The lowest BCUT2D eigenvalue weighted by molar-refractivity contribution is 0.0640. The van der Waals surface area contributed by atoms with Crippen molar-refractivity contribution in [2.24, 2.45) is 0 Å². The van der Waals surface area contributed by atoms with Crippen molar-refractivity contribution in [3.63, 3.8) is 0 Å². The van der Waals surface area contributed by atoms with E-state index >= 15 is 0 Å². The van der Waals surface area contributed by atoms with Gasteiger partial charge in [0, 0.05) is 6.54 Å². The van der Waals surface area contributed by atoms with Gasteiger partial charge in [-0.15, -0.1) is 5.10 Å². The zero-order valence-corrected chi connectivity index (χ0v) is 13.3. The molecule has 2 rings (SSSR count). The molecule has 2 aromatic rings. The van der Waals surface area contributed by atoms with Crippen LogP contribution in [0.25, 0.3) is 0 Å². The molecule has 0 fully saturated rings. The third-order valence-electron chi connectivity index (χ3n) is 3.09. The molecule has 0 aliphatic carbocycles. The van der Waals surface area contributed by atoms with Gasteiger partial charge in [-0.2, -0.15) is 0 Å². The highest BCUT2D eigenvalue weighted by atomic mass is 32.2. The summed E-state index contributed by atoms with van der Waals surface area (Å²) in [4.78, 5) is 22.1.